The number of carbonyl (C=O) groups is 1. The van der Waals surface area contributed by atoms with Gasteiger partial charge in [0.05, 0.1) is 12.2 Å². The lowest BCUT2D eigenvalue weighted by Gasteiger charge is -2.31. The number of piperidine rings is 1. The molecule has 0 aromatic heterocycles. The lowest BCUT2D eigenvalue weighted by atomic mass is 10.1. The second-order valence-corrected chi connectivity index (χ2v) is 6.81. The van der Waals surface area contributed by atoms with Crippen LogP contribution in [0.5, 0.6) is 0 Å². The number of likely N-dealkylation sites (tertiary alicyclic amines) is 1. The molecule has 1 heterocycles. The minimum Gasteiger partial charge on any atom is -0.324 e. The van der Waals surface area contributed by atoms with Crippen LogP contribution in [0.15, 0.2) is 27.1 Å². The van der Waals surface area contributed by atoms with Gasteiger partial charge in [-0.3, -0.25) is 9.69 Å². The van der Waals surface area contributed by atoms with E-state index in [1.54, 1.807) is 0 Å². The van der Waals surface area contributed by atoms with Gasteiger partial charge >= 0.3 is 0 Å². The molecule has 0 aliphatic carbocycles. The Bertz CT molecular complexity index is 481. The third kappa shape index (κ3) is 4.55. The molecule has 2 rings (SSSR count). The summed E-state index contributed by atoms with van der Waals surface area (Å²) < 4.78 is 1.86. The van der Waals surface area contributed by atoms with E-state index in [-0.39, 0.29) is 5.91 Å². The maximum atomic E-state index is 12.1. The van der Waals surface area contributed by atoms with Gasteiger partial charge in [-0.05, 0) is 60.6 Å². The molecule has 1 aromatic carbocycles. The summed E-state index contributed by atoms with van der Waals surface area (Å²) in [5.74, 6) is 0.0322. The summed E-state index contributed by atoms with van der Waals surface area (Å²) in [6, 6.07) is 6.22. The van der Waals surface area contributed by atoms with Crippen LogP contribution in [0, 0.1) is 0 Å². The molecule has 0 bridgehead atoms. The van der Waals surface area contributed by atoms with Crippen LogP contribution >= 0.6 is 31.9 Å². The van der Waals surface area contributed by atoms with Gasteiger partial charge in [-0.1, -0.05) is 15.9 Å². The summed E-state index contributed by atoms with van der Waals surface area (Å²) in [5, 5.41) is 6.23. The van der Waals surface area contributed by atoms with Crippen LogP contribution in [-0.2, 0) is 4.79 Å². The number of rotatable bonds is 4. The van der Waals surface area contributed by atoms with E-state index < -0.39 is 0 Å². The maximum Gasteiger partial charge on any atom is 0.238 e. The lowest BCUT2D eigenvalue weighted by molar-refractivity contribution is -0.117. The van der Waals surface area contributed by atoms with Crippen molar-refractivity contribution in [3.05, 3.63) is 27.1 Å². The average molecular weight is 405 g/mol. The van der Waals surface area contributed by atoms with E-state index in [9.17, 15) is 4.79 Å². The number of halogens is 2. The number of benzene rings is 1. The number of nitrogens with zero attached hydrogens (tertiary/aromatic N) is 1. The zero-order valence-electron chi connectivity index (χ0n) is 11.5. The van der Waals surface area contributed by atoms with Gasteiger partial charge in [0.15, 0.2) is 0 Å². The highest BCUT2D eigenvalue weighted by molar-refractivity contribution is 9.11. The van der Waals surface area contributed by atoms with Gasteiger partial charge in [0, 0.05) is 21.5 Å². The minimum atomic E-state index is 0.0322. The zero-order chi connectivity index (χ0) is 14.5. The molecule has 0 radical (unpaired) electrons. The Labute approximate surface area is 136 Å². The van der Waals surface area contributed by atoms with E-state index in [4.69, 9.17) is 0 Å². The Balaban J connectivity index is 1.88. The van der Waals surface area contributed by atoms with Crippen molar-refractivity contribution in [3.8, 4) is 0 Å². The first-order valence-corrected chi connectivity index (χ1v) is 8.31. The van der Waals surface area contributed by atoms with Crippen LogP contribution in [0.4, 0.5) is 5.69 Å². The molecule has 1 aliphatic rings. The van der Waals surface area contributed by atoms with Gasteiger partial charge < -0.3 is 10.6 Å². The van der Waals surface area contributed by atoms with Gasteiger partial charge in [-0.2, -0.15) is 0 Å². The van der Waals surface area contributed by atoms with E-state index in [2.05, 4.69) is 47.4 Å². The summed E-state index contributed by atoms with van der Waals surface area (Å²) in [6.07, 6.45) is 2.33. The third-order valence-electron chi connectivity index (χ3n) is 3.49. The number of carbonyl (C=O) groups excluding carboxylic acids is 1. The summed E-state index contributed by atoms with van der Waals surface area (Å²) in [6.45, 7) is 2.37. The lowest BCUT2D eigenvalue weighted by Crippen LogP contribution is -2.46. The summed E-state index contributed by atoms with van der Waals surface area (Å²) in [5.41, 5.74) is 0.806. The molecule has 110 valence electrons. The molecule has 6 heteroatoms. The molecule has 1 atom stereocenters. The van der Waals surface area contributed by atoms with Gasteiger partial charge in [0.2, 0.25) is 5.91 Å². The molecule has 2 N–H and O–H groups in total. The summed E-state index contributed by atoms with van der Waals surface area (Å²) >= 11 is 6.85. The first-order valence-electron chi connectivity index (χ1n) is 6.73. The van der Waals surface area contributed by atoms with E-state index in [1.165, 1.54) is 6.42 Å². The quantitative estimate of drug-likeness (QED) is 0.810. The number of amides is 1. The number of anilines is 1. The van der Waals surface area contributed by atoms with Gasteiger partial charge in [0.1, 0.15) is 0 Å². The van der Waals surface area contributed by atoms with Crippen LogP contribution in [0.25, 0.3) is 0 Å². The largest absolute Gasteiger partial charge is 0.324 e. The maximum absolute atomic E-state index is 12.1. The fourth-order valence-electron chi connectivity index (χ4n) is 2.42. The highest BCUT2D eigenvalue weighted by Crippen LogP contribution is 2.26. The highest BCUT2D eigenvalue weighted by Gasteiger charge is 2.20. The highest BCUT2D eigenvalue weighted by atomic mass is 79.9. The molecule has 0 saturated carbocycles. The second kappa shape index (κ2) is 7.54. The van der Waals surface area contributed by atoms with Crippen molar-refractivity contribution in [2.45, 2.75) is 18.9 Å². The molecule has 0 spiro atoms. The van der Waals surface area contributed by atoms with E-state index in [0.29, 0.717) is 12.6 Å². The second-order valence-electron chi connectivity index (χ2n) is 5.04. The zero-order valence-corrected chi connectivity index (χ0v) is 14.6. The topological polar surface area (TPSA) is 44.4 Å². The molecule has 1 aromatic rings. The number of hydrogen-bond acceptors (Lipinski definition) is 3. The Morgan fingerprint density at radius 3 is 2.95 bits per heavy atom. The van der Waals surface area contributed by atoms with E-state index >= 15 is 0 Å². The summed E-state index contributed by atoms with van der Waals surface area (Å²) in [7, 11) is 1.98. The monoisotopic (exact) mass is 403 g/mol. The van der Waals surface area contributed by atoms with E-state index in [1.807, 2.05) is 25.2 Å². The standard InChI is InChI=1S/C14H19Br2N3O/c1-17-11-3-2-6-19(8-11)9-14(20)18-13-5-4-10(15)7-12(13)16/h4-5,7,11,17H,2-3,6,8-9H2,1H3,(H,18,20). The van der Waals surface area contributed by atoms with Gasteiger partial charge in [-0.15, -0.1) is 0 Å². The Hall–Kier alpha value is -0.430. The van der Waals surface area contributed by atoms with Crippen molar-refractivity contribution in [1.29, 1.82) is 0 Å². The smallest absolute Gasteiger partial charge is 0.238 e. The molecule has 1 fully saturated rings. The van der Waals surface area contributed by atoms with Crippen molar-refractivity contribution in [2.24, 2.45) is 0 Å². The molecule has 1 aliphatic heterocycles. The molecule has 20 heavy (non-hydrogen) atoms. The van der Waals surface area contributed by atoms with Crippen LogP contribution < -0.4 is 10.6 Å². The number of nitrogens with one attached hydrogen (secondary N) is 2. The van der Waals surface area contributed by atoms with Gasteiger partial charge in [0.25, 0.3) is 0 Å². The molecule has 4 nitrogen and oxygen atoms in total. The average Bonchev–Trinajstić information content (AvgIpc) is 2.42. The molecule has 1 saturated heterocycles. The van der Waals surface area contributed by atoms with Crippen molar-refractivity contribution in [3.63, 3.8) is 0 Å². The Morgan fingerprint density at radius 1 is 1.45 bits per heavy atom. The first-order chi connectivity index (χ1) is 9.58. The predicted octanol–water partition coefficient (Wildman–Crippen LogP) is 2.83. The Morgan fingerprint density at radius 2 is 2.25 bits per heavy atom. The van der Waals surface area contributed by atoms with Crippen molar-refractivity contribution < 1.29 is 4.79 Å². The minimum absolute atomic E-state index is 0.0322. The molecular weight excluding hydrogens is 386 g/mol. The SMILES string of the molecule is CNC1CCCN(CC(=O)Nc2ccc(Br)cc2Br)C1. The number of hydrogen-bond donors (Lipinski definition) is 2. The molecule has 1 unspecified atom stereocenters. The first kappa shape index (κ1) is 15.9. The Kier molecular flexibility index (Phi) is 6.01. The van der Waals surface area contributed by atoms with Crippen LogP contribution in [0.1, 0.15) is 12.8 Å². The van der Waals surface area contributed by atoms with Crippen molar-refractivity contribution in [1.82, 2.24) is 10.2 Å². The predicted molar refractivity (Wildman–Crippen MR) is 89.0 cm³/mol. The van der Waals surface area contributed by atoms with Crippen molar-refractivity contribution >= 4 is 43.5 Å². The summed E-state index contributed by atoms with van der Waals surface area (Å²) in [4.78, 5) is 14.3. The van der Waals surface area contributed by atoms with Crippen LogP contribution in [-0.4, -0.2) is 43.5 Å². The molecular formula is C14H19Br2N3O. The molecule has 1 amide bonds. The normalized spacial score (nSPS) is 19.9. The van der Waals surface area contributed by atoms with Gasteiger partial charge in [-0.25, -0.2) is 0 Å². The van der Waals surface area contributed by atoms with Crippen LogP contribution in [0.2, 0.25) is 0 Å². The third-order valence-corrected chi connectivity index (χ3v) is 4.64. The van der Waals surface area contributed by atoms with Crippen LogP contribution in [0.3, 0.4) is 0 Å². The fraction of sp³-hybridized carbons (Fsp3) is 0.500. The number of likely N-dealkylation sites (N-methyl/N-ethyl adjacent to an activating group) is 1. The fourth-order valence-corrected chi connectivity index (χ4v) is 3.56. The van der Waals surface area contributed by atoms with E-state index in [0.717, 1.165) is 34.1 Å². The van der Waals surface area contributed by atoms with Crippen molar-refractivity contribution in [2.75, 3.05) is 32.0 Å².